The summed E-state index contributed by atoms with van der Waals surface area (Å²) < 4.78 is 0.606. The molecule has 0 N–H and O–H groups in total. The Balaban J connectivity index is 2.66. The van der Waals surface area contributed by atoms with E-state index < -0.39 is 0 Å². The lowest BCUT2D eigenvalue weighted by molar-refractivity contribution is -0.468. The largest absolute Gasteiger partial charge is 0.623 e. The van der Waals surface area contributed by atoms with Gasteiger partial charge in [0, 0.05) is 5.56 Å². The van der Waals surface area contributed by atoms with E-state index in [-0.39, 0.29) is 6.54 Å². The number of hydrogen-bond acceptors (Lipinski definition) is 2. The smallest absolute Gasteiger partial charge is 0.253 e. The molecule has 0 saturated heterocycles. The number of hydroxylamine groups is 1. The molecule has 0 aliphatic carbocycles. The fraction of sp³-hybridized carbons (Fsp3) is 0.111. The van der Waals surface area contributed by atoms with Crippen molar-refractivity contribution in [3.05, 3.63) is 41.1 Å². The maximum absolute atomic E-state index is 10.9. The Labute approximate surface area is 70.8 Å². The van der Waals surface area contributed by atoms with Gasteiger partial charge in [0.05, 0.1) is 0 Å². The second-order valence-electron chi connectivity index (χ2n) is 2.32. The molecule has 0 unspecified atom stereocenters. The van der Waals surface area contributed by atoms with Crippen molar-refractivity contribution < 1.29 is 4.74 Å². The van der Waals surface area contributed by atoms with Gasteiger partial charge in [0.2, 0.25) is 0 Å². The lowest BCUT2D eigenvalue weighted by Gasteiger charge is -2.00. The number of benzene rings is 1. The molecule has 3 heteroatoms. The van der Waals surface area contributed by atoms with E-state index in [0.717, 1.165) is 11.8 Å². The second-order valence-corrected chi connectivity index (χ2v) is 2.32. The van der Waals surface area contributed by atoms with Crippen molar-refractivity contribution in [3.8, 4) is 6.07 Å². The van der Waals surface area contributed by atoms with Crippen molar-refractivity contribution >= 4 is 6.21 Å². The first kappa shape index (κ1) is 8.28. The lowest BCUT2D eigenvalue weighted by Crippen LogP contribution is -2.03. The van der Waals surface area contributed by atoms with Gasteiger partial charge in [-0.15, -0.1) is 0 Å². The van der Waals surface area contributed by atoms with Crippen molar-refractivity contribution in [2.24, 2.45) is 0 Å². The van der Waals surface area contributed by atoms with Gasteiger partial charge in [-0.1, -0.05) is 30.3 Å². The molecule has 0 amide bonds. The van der Waals surface area contributed by atoms with Crippen LogP contribution in [-0.4, -0.2) is 11.0 Å². The van der Waals surface area contributed by atoms with E-state index in [1.54, 1.807) is 6.07 Å². The van der Waals surface area contributed by atoms with Crippen LogP contribution in [0.1, 0.15) is 5.56 Å². The molecule has 0 fully saturated rings. The molecule has 0 aromatic heterocycles. The zero-order chi connectivity index (χ0) is 8.81. The van der Waals surface area contributed by atoms with Crippen LogP contribution in [0.3, 0.4) is 0 Å². The van der Waals surface area contributed by atoms with Crippen molar-refractivity contribution in [3.63, 3.8) is 0 Å². The Bertz CT molecular complexity index is 311. The third kappa shape index (κ3) is 2.43. The maximum atomic E-state index is 10.9. The normalized spacial score (nSPS) is 10.8. The Morgan fingerprint density at radius 2 is 2.08 bits per heavy atom. The van der Waals surface area contributed by atoms with Gasteiger partial charge in [-0.3, -0.25) is 0 Å². The van der Waals surface area contributed by atoms with Crippen LogP contribution in [0.4, 0.5) is 0 Å². The van der Waals surface area contributed by atoms with E-state index in [1.807, 2.05) is 30.3 Å². The highest BCUT2D eigenvalue weighted by Gasteiger charge is 1.94. The fourth-order valence-corrected chi connectivity index (χ4v) is 0.873. The molecule has 60 valence electrons. The predicted molar refractivity (Wildman–Crippen MR) is 45.5 cm³/mol. The zero-order valence-corrected chi connectivity index (χ0v) is 6.47. The van der Waals surface area contributed by atoms with Crippen LogP contribution in [-0.2, 0) is 6.54 Å². The zero-order valence-electron chi connectivity index (χ0n) is 6.47. The minimum absolute atomic E-state index is 0.231. The van der Waals surface area contributed by atoms with E-state index in [2.05, 4.69) is 0 Å². The summed E-state index contributed by atoms with van der Waals surface area (Å²) in [6, 6.07) is 11.0. The monoisotopic (exact) mass is 160 g/mol. The van der Waals surface area contributed by atoms with Gasteiger partial charge in [-0.25, -0.2) is 0 Å². The summed E-state index contributed by atoms with van der Waals surface area (Å²) in [6.45, 7) is 0.231. The van der Waals surface area contributed by atoms with Crippen LogP contribution >= 0.6 is 0 Å². The van der Waals surface area contributed by atoms with Crippen LogP contribution in [0.15, 0.2) is 30.3 Å². The van der Waals surface area contributed by atoms with E-state index in [9.17, 15) is 5.21 Å². The highest BCUT2D eigenvalue weighted by atomic mass is 16.5. The quantitative estimate of drug-likeness (QED) is 0.283. The van der Waals surface area contributed by atoms with Gasteiger partial charge in [-0.2, -0.15) is 10.0 Å². The highest BCUT2D eigenvalue weighted by Crippen LogP contribution is 1.98. The number of nitrogens with zero attached hydrogens (tertiary/aromatic N) is 2. The van der Waals surface area contributed by atoms with Crippen molar-refractivity contribution in [1.82, 2.24) is 0 Å². The van der Waals surface area contributed by atoms with Crippen molar-refractivity contribution in [2.45, 2.75) is 6.54 Å². The molecule has 0 aliphatic heterocycles. The molecule has 1 rings (SSSR count). The first-order valence-electron chi connectivity index (χ1n) is 3.53. The number of nitriles is 1. The van der Waals surface area contributed by atoms with Crippen LogP contribution in [0, 0.1) is 16.5 Å². The first-order valence-corrected chi connectivity index (χ1v) is 3.53. The summed E-state index contributed by atoms with van der Waals surface area (Å²) in [5, 5.41) is 19.0. The predicted octanol–water partition coefficient (Wildman–Crippen LogP) is 1.29. The fourth-order valence-electron chi connectivity index (χ4n) is 0.873. The first-order chi connectivity index (χ1) is 5.83. The minimum Gasteiger partial charge on any atom is -0.623 e. The third-order valence-electron chi connectivity index (χ3n) is 1.38. The summed E-state index contributed by atoms with van der Waals surface area (Å²) in [6.07, 6.45) is 0.951. The van der Waals surface area contributed by atoms with Gasteiger partial charge in [0.15, 0.2) is 12.6 Å². The van der Waals surface area contributed by atoms with Crippen molar-refractivity contribution in [1.29, 1.82) is 5.26 Å². The van der Waals surface area contributed by atoms with Gasteiger partial charge in [0.1, 0.15) is 0 Å². The number of rotatable bonds is 2. The summed E-state index contributed by atoms with van der Waals surface area (Å²) in [4.78, 5) is 0. The number of hydrogen-bond donors (Lipinski definition) is 0. The molecule has 0 heterocycles. The molecule has 1 aromatic rings. The molecular weight excluding hydrogens is 152 g/mol. The molecule has 0 aliphatic rings. The Kier molecular flexibility index (Phi) is 2.86. The molecule has 12 heavy (non-hydrogen) atoms. The average Bonchev–Trinajstić information content (AvgIpc) is 2.06. The molecule has 0 bridgehead atoms. The Morgan fingerprint density at radius 1 is 1.42 bits per heavy atom. The third-order valence-corrected chi connectivity index (χ3v) is 1.38. The molecule has 0 spiro atoms. The molecule has 3 nitrogen and oxygen atoms in total. The lowest BCUT2D eigenvalue weighted by atomic mass is 10.2. The highest BCUT2D eigenvalue weighted by molar-refractivity contribution is 5.70. The summed E-state index contributed by atoms with van der Waals surface area (Å²) in [7, 11) is 0. The average molecular weight is 160 g/mol. The van der Waals surface area contributed by atoms with E-state index in [1.165, 1.54) is 0 Å². The van der Waals surface area contributed by atoms with Crippen molar-refractivity contribution in [2.75, 3.05) is 0 Å². The SMILES string of the molecule is N#C/C=[N+](\[O-])Cc1ccccc1. The summed E-state index contributed by atoms with van der Waals surface area (Å²) >= 11 is 0. The standard InChI is InChI=1S/C9H8N2O/c10-6-7-11(12)8-9-4-2-1-3-5-9/h1-5,7H,8H2/b11-7-. The molecule has 0 atom stereocenters. The molecule has 0 saturated carbocycles. The van der Waals surface area contributed by atoms with E-state index in [4.69, 9.17) is 5.26 Å². The molecular formula is C9H8N2O. The summed E-state index contributed by atoms with van der Waals surface area (Å²) in [5.74, 6) is 0. The van der Waals surface area contributed by atoms with Crippen LogP contribution in [0.25, 0.3) is 0 Å². The van der Waals surface area contributed by atoms with Gasteiger partial charge in [0.25, 0.3) is 6.21 Å². The van der Waals surface area contributed by atoms with Gasteiger partial charge >= 0.3 is 0 Å². The van der Waals surface area contributed by atoms with E-state index in [0.29, 0.717) is 4.74 Å². The van der Waals surface area contributed by atoms with Gasteiger partial charge in [-0.05, 0) is 0 Å². The van der Waals surface area contributed by atoms with Crippen LogP contribution in [0.2, 0.25) is 0 Å². The Hall–Kier alpha value is -1.82. The van der Waals surface area contributed by atoms with Crippen LogP contribution < -0.4 is 0 Å². The topological polar surface area (TPSA) is 49.9 Å². The molecule has 0 radical (unpaired) electrons. The maximum Gasteiger partial charge on any atom is 0.253 e. The second kappa shape index (κ2) is 4.14. The minimum atomic E-state index is 0.231. The van der Waals surface area contributed by atoms with Gasteiger partial charge < -0.3 is 5.21 Å². The Morgan fingerprint density at radius 3 is 2.67 bits per heavy atom. The van der Waals surface area contributed by atoms with Crippen LogP contribution in [0.5, 0.6) is 0 Å². The van der Waals surface area contributed by atoms with E-state index >= 15 is 0 Å². The summed E-state index contributed by atoms with van der Waals surface area (Å²) in [5.41, 5.74) is 0.902. The molecule has 1 aromatic carbocycles.